The lowest BCUT2D eigenvalue weighted by Gasteiger charge is -2.22. The Bertz CT molecular complexity index is 1540. The quantitative estimate of drug-likeness (QED) is 0.154. The van der Waals surface area contributed by atoms with Crippen molar-refractivity contribution >= 4 is 28.8 Å². The number of anilines is 1. The Balaban J connectivity index is 1.45. The van der Waals surface area contributed by atoms with E-state index >= 15 is 0 Å². The monoisotopic (exact) mass is 632 g/mol. The zero-order valence-corrected chi connectivity index (χ0v) is 24.2. The maximum atomic E-state index is 13.4. The first-order chi connectivity index (χ1) is 21.3. The Morgan fingerprint density at radius 3 is 2.29 bits per heavy atom. The number of nitrogens with zero attached hydrogens (tertiary/aromatic N) is 2. The van der Waals surface area contributed by atoms with Crippen LogP contribution in [0.5, 0.6) is 0 Å². The summed E-state index contributed by atoms with van der Waals surface area (Å²) in [6, 6.07) is 12.0. The van der Waals surface area contributed by atoms with E-state index in [-0.39, 0.29) is 42.8 Å². The summed E-state index contributed by atoms with van der Waals surface area (Å²) in [5.74, 6) is -5.33. The number of hydrogen-bond donors (Lipinski definition) is 0. The second-order valence-corrected chi connectivity index (χ2v) is 10.4. The van der Waals surface area contributed by atoms with Gasteiger partial charge >= 0.3 is 18.3 Å². The molecule has 2 aromatic rings. The summed E-state index contributed by atoms with van der Waals surface area (Å²) in [6.07, 6.45) is -0.564. The Morgan fingerprint density at radius 1 is 0.956 bits per heavy atom. The van der Waals surface area contributed by atoms with Crippen LogP contribution in [0.1, 0.15) is 34.8 Å². The van der Waals surface area contributed by atoms with Gasteiger partial charge in [0, 0.05) is 42.7 Å². The van der Waals surface area contributed by atoms with Crippen molar-refractivity contribution in [3.63, 3.8) is 0 Å². The lowest BCUT2D eigenvalue weighted by atomic mass is 9.90. The van der Waals surface area contributed by atoms with E-state index in [4.69, 9.17) is 4.74 Å². The molecule has 2 aliphatic rings. The third-order valence-corrected chi connectivity index (χ3v) is 7.36. The van der Waals surface area contributed by atoms with E-state index in [9.17, 15) is 40.7 Å². The summed E-state index contributed by atoms with van der Waals surface area (Å²) < 4.78 is 85.4. The fraction of sp³-hybridized carbons (Fsp3) is 0.303. The van der Waals surface area contributed by atoms with Gasteiger partial charge in [-0.2, -0.15) is 26.3 Å². The SMILES string of the molecule is CCN(/C=C(\C(=O)C(F)(F)F)c1ccccc1)CCOC(=O)c1ccc2c(c1)CCN2/C=C(\C(=O)C(F)(F)F)C1C=CC=CC1. The van der Waals surface area contributed by atoms with Crippen LogP contribution < -0.4 is 4.90 Å². The molecule has 0 saturated heterocycles. The fourth-order valence-corrected chi connectivity index (χ4v) is 5.02. The molecular formula is C33H30F6N2O4. The van der Waals surface area contributed by atoms with E-state index in [2.05, 4.69) is 0 Å². The molecule has 1 heterocycles. The molecule has 45 heavy (non-hydrogen) atoms. The summed E-state index contributed by atoms with van der Waals surface area (Å²) >= 11 is 0. The van der Waals surface area contributed by atoms with Crippen LogP contribution in [0.4, 0.5) is 32.0 Å². The van der Waals surface area contributed by atoms with E-state index in [1.54, 1.807) is 54.3 Å². The molecule has 238 valence electrons. The van der Waals surface area contributed by atoms with Crippen LogP contribution in [0.15, 0.2) is 90.8 Å². The maximum absolute atomic E-state index is 13.4. The molecule has 0 aromatic heterocycles. The van der Waals surface area contributed by atoms with Crippen molar-refractivity contribution in [3.8, 4) is 0 Å². The number of allylic oxidation sites excluding steroid dienone is 6. The molecule has 0 spiro atoms. The number of Topliss-reactive ketones (excluding diaryl/α,β-unsaturated/α-hetero) is 2. The number of ether oxygens (including phenoxy) is 1. The average molecular weight is 633 g/mol. The molecular weight excluding hydrogens is 602 g/mol. The number of hydrogen-bond acceptors (Lipinski definition) is 6. The van der Waals surface area contributed by atoms with Gasteiger partial charge in [-0.25, -0.2) is 4.79 Å². The van der Waals surface area contributed by atoms with Gasteiger partial charge in [-0.05, 0) is 49.1 Å². The molecule has 0 N–H and O–H groups in total. The second kappa shape index (κ2) is 14.0. The molecule has 1 atom stereocenters. The number of rotatable bonds is 11. The number of benzene rings is 2. The smallest absolute Gasteiger partial charge is 0.454 e. The Kier molecular flexibility index (Phi) is 10.4. The number of halogens is 6. The van der Waals surface area contributed by atoms with E-state index in [1.807, 2.05) is 0 Å². The molecule has 0 bridgehead atoms. The molecule has 0 amide bonds. The number of alkyl halides is 6. The van der Waals surface area contributed by atoms with Crippen LogP contribution in [0.25, 0.3) is 5.57 Å². The number of ketones is 2. The highest BCUT2D eigenvalue weighted by Crippen LogP contribution is 2.34. The zero-order chi connectivity index (χ0) is 32.8. The van der Waals surface area contributed by atoms with Crippen LogP contribution >= 0.6 is 0 Å². The van der Waals surface area contributed by atoms with Crippen molar-refractivity contribution in [3.05, 3.63) is 107 Å². The van der Waals surface area contributed by atoms with Gasteiger partial charge in [-0.3, -0.25) is 9.59 Å². The van der Waals surface area contributed by atoms with Crippen LogP contribution in [0.3, 0.4) is 0 Å². The predicted octanol–water partition coefficient (Wildman–Crippen LogP) is 6.85. The van der Waals surface area contributed by atoms with E-state index in [0.29, 0.717) is 24.2 Å². The van der Waals surface area contributed by atoms with Gasteiger partial charge in [0.1, 0.15) is 6.61 Å². The Morgan fingerprint density at radius 2 is 1.67 bits per heavy atom. The first-order valence-electron chi connectivity index (χ1n) is 14.2. The molecule has 1 aliphatic carbocycles. The Hall–Kier alpha value is -4.61. The molecule has 0 saturated carbocycles. The van der Waals surface area contributed by atoms with E-state index < -0.39 is 41.4 Å². The molecule has 1 unspecified atom stereocenters. The topological polar surface area (TPSA) is 66.9 Å². The lowest BCUT2D eigenvalue weighted by Crippen LogP contribution is -2.30. The third kappa shape index (κ3) is 8.31. The Labute approximate surface area is 255 Å². The number of carbonyl (C=O) groups excluding carboxylic acids is 3. The highest BCUT2D eigenvalue weighted by atomic mass is 19.4. The first kappa shape index (κ1) is 33.3. The van der Waals surface area contributed by atoms with Crippen molar-refractivity contribution < 1.29 is 45.5 Å². The minimum absolute atomic E-state index is 0.00797. The second-order valence-electron chi connectivity index (χ2n) is 10.4. The summed E-state index contributed by atoms with van der Waals surface area (Å²) in [5, 5.41) is 0. The van der Waals surface area contributed by atoms with Gasteiger partial charge in [-0.15, -0.1) is 0 Å². The van der Waals surface area contributed by atoms with Gasteiger partial charge in [0.25, 0.3) is 11.6 Å². The summed E-state index contributed by atoms with van der Waals surface area (Å²) in [6.45, 7) is 2.02. The standard InChI is InChI=1S/C33H30F6N2O4/c1-2-40(20-26(29(42)32(34,35)36)22-9-5-3-6-10-22)17-18-45-31(44)25-13-14-28-24(19-25)15-16-41(28)21-27(30(43)33(37,38)39)23-11-7-4-8-12-23/h3-11,13-14,19-21,23H,2,12,15-18H2,1H3/b26-20-,27-21-. The lowest BCUT2D eigenvalue weighted by molar-refractivity contribution is -0.167. The number of carbonyl (C=O) groups is 3. The number of fused-ring (bicyclic) bond motifs is 1. The van der Waals surface area contributed by atoms with Crippen molar-refractivity contribution in [2.45, 2.75) is 32.1 Å². The summed E-state index contributed by atoms with van der Waals surface area (Å²) in [5.41, 5.74) is 0.599. The third-order valence-electron chi connectivity index (χ3n) is 7.36. The van der Waals surface area contributed by atoms with Gasteiger partial charge in [0.15, 0.2) is 0 Å². The molecule has 2 aromatic carbocycles. The maximum Gasteiger partial charge on any atom is 0.454 e. The van der Waals surface area contributed by atoms with Crippen LogP contribution in [-0.4, -0.2) is 61.0 Å². The minimum atomic E-state index is -5.08. The molecule has 4 rings (SSSR count). The zero-order valence-electron chi connectivity index (χ0n) is 24.2. The molecule has 6 nitrogen and oxygen atoms in total. The largest absolute Gasteiger partial charge is 0.460 e. The van der Waals surface area contributed by atoms with Crippen LogP contribution in [-0.2, 0) is 20.7 Å². The van der Waals surface area contributed by atoms with Crippen molar-refractivity contribution in [2.24, 2.45) is 5.92 Å². The highest BCUT2D eigenvalue weighted by Gasteiger charge is 2.43. The predicted molar refractivity (Wildman–Crippen MR) is 156 cm³/mol. The normalized spacial score (nSPS) is 16.9. The van der Waals surface area contributed by atoms with Crippen molar-refractivity contribution in [2.75, 3.05) is 31.1 Å². The first-order valence-corrected chi connectivity index (χ1v) is 14.2. The van der Waals surface area contributed by atoms with Gasteiger partial charge in [0.2, 0.25) is 0 Å². The van der Waals surface area contributed by atoms with Crippen molar-refractivity contribution in [1.82, 2.24) is 4.90 Å². The molecule has 12 heteroatoms. The minimum Gasteiger partial charge on any atom is -0.460 e. The highest BCUT2D eigenvalue weighted by molar-refractivity contribution is 6.23. The fourth-order valence-electron chi connectivity index (χ4n) is 5.02. The van der Waals surface area contributed by atoms with Crippen LogP contribution in [0.2, 0.25) is 0 Å². The van der Waals surface area contributed by atoms with Gasteiger partial charge in [0.05, 0.1) is 17.7 Å². The molecule has 0 fully saturated rings. The average Bonchev–Trinajstić information content (AvgIpc) is 3.42. The number of likely N-dealkylation sites (N-methyl/N-ethyl adjacent to an activating group) is 1. The van der Waals surface area contributed by atoms with E-state index in [1.165, 1.54) is 41.4 Å². The van der Waals surface area contributed by atoms with E-state index in [0.717, 1.165) is 6.20 Å². The molecule has 1 aliphatic heterocycles. The number of esters is 1. The van der Waals surface area contributed by atoms with Gasteiger partial charge in [-0.1, -0.05) is 54.6 Å². The molecule has 0 radical (unpaired) electrons. The van der Waals surface area contributed by atoms with Crippen molar-refractivity contribution in [1.29, 1.82) is 0 Å². The van der Waals surface area contributed by atoms with Gasteiger partial charge < -0.3 is 14.5 Å². The van der Waals surface area contributed by atoms with Crippen LogP contribution in [0, 0.1) is 5.92 Å². The summed E-state index contributed by atoms with van der Waals surface area (Å²) in [7, 11) is 0. The summed E-state index contributed by atoms with van der Waals surface area (Å²) in [4.78, 5) is 40.2.